The first-order valence-corrected chi connectivity index (χ1v) is 7.20. The topological polar surface area (TPSA) is 63.4 Å². The molecule has 1 saturated heterocycles. The number of nitrogens with zero attached hydrogens (tertiary/aromatic N) is 4. The van der Waals surface area contributed by atoms with Crippen LogP contribution in [0.15, 0.2) is 12.3 Å². The summed E-state index contributed by atoms with van der Waals surface area (Å²) in [5.41, 5.74) is 2.68. The number of aryl methyl sites for hydroxylation is 1. The Morgan fingerprint density at radius 3 is 2.60 bits per heavy atom. The molecule has 1 aromatic heterocycles. The van der Waals surface area contributed by atoms with Crippen molar-refractivity contribution < 1.29 is 5.11 Å². The third-order valence-electron chi connectivity index (χ3n) is 3.77. The molecule has 0 saturated carbocycles. The average Bonchev–Trinajstić information content (AvgIpc) is 2.49. The monoisotopic (exact) mass is 274 g/mol. The minimum absolute atomic E-state index is 0.230. The Labute approximate surface area is 120 Å². The summed E-state index contributed by atoms with van der Waals surface area (Å²) in [6.45, 7) is 7.84. The van der Waals surface area contributed by atoms with Gasteiger partial charge in [0.25, 0.3) is 0 Å². The molecular formula is C15H22N4O. The van der Waals surface area contributed by atoms with Gasteiger partial charge in [0, 0.05) is 45.5 Å². The normalized spacial score (nSPS) is 17.1. The van der Waals surface area contributed by atoms with E-state index in [1.165, 1.54) is 0 Å². The van der Waals surface area contributed by atoms with Crippen molar-refractivity contribution in [3.05, 3.63) is 29.1 Å². The molecule has 1 N–H and O–H groups in total. The number of aliphatic hydroxyl groups excluding tert-OH is 1. The van der Waals surface area contributed by atoms with Crippen LogP contribution in [-0.4, -0.2) is 59.2 Å². The van der Waals surface area contributed by atoms with Crippen LogP contribution in [0.2, 0.25) is 0 Å². The molecule has 5 heteroatoms. The zero-order chi connectivity index (χ0) is 14.4. The lowest BCUT2D eigenvalue weighted by molar-refractivity contribution is 0.108. The summed E-state index contributed by atoms with van der Waals surface area (Å²) >= 11 is 0. The molecule has 2 rings (SSSR count). The van der Waals surface area contributed by atoms with Crippen LogP contribution in [0.3, 0.4) is 0 Å². The second-order valence-corrected chi connectivity index (χ2v) is 5.14. The van der Waals surface area contributed by atoms with Crippen molar-refractivity contribution >= 4 is 0 Å². The Kier molecular flexibility index (Phi) is 5.48. The highest BCUT2D eigenvalue weighted by Gasteiger charge is 2.16. The molecular weight excluding hydrogens is 252 g/mol. The van der Waals surface area contributed by atoms with Crippen molar-refractivity contribution in [1.82, 2.24) is 14.8 Å². The van der Waals surface area contributed by atoms with E-state index >= 15 is 0 Å². The SMILES string of the molecule is CCc1ncc(CN2CCN(CCO)CC2)cc1C#N. The van der Waals surface area contributed by atoms with E-state index in [1.807, 2.05) is 19.2 Å². The van der Waals surface area contributed by atoms with Gasteiger partial charge in [0.15, 0.2) is 0 Å². The van der Waals surface area contributed by atoms with Gasteiger partial charge in [0.2, 0.25) is 0 Å². The molecule has 1 aliphatic rings. The van der Waals surface area contributed by atoms with Crippen LogP contribution in [0.5, 0.6) is 0 Å². The quantitative estimate of drug-likeness (QED) is 0.853. The van der Waals surface area contributed by atoms with E-state index in [4.69, 9.17) is 10.4 Å². The second kappa shape index (κ2) is 7.34. The number of hydrogen-bond donors (Lipinski definition) is 1. The predicted octanol–water partition coefficient (Wildman–Crippen LogP) is 0.626. The predicted molar refractivity (Wildman–Crippen MR) is 77.1 cm³/mol. The molecule has 0 radical (unpaired) electrons. The zero-order valence-corrected chi connectivity index (χ0v) is 12.0. The van der Waals surface area contributed by atoms with Crippen molar-refractivity contribution in [1.29, 1.82) is 5.26 Å². The molecule has 0 aromatic carbocycles. The van der Waals surface area contributed by atoms with Crippen LogP contribution >= 0.6 is 0 Å². The third kappa shape index (κ3) is 3.76. The van der Waals surface area contributed by atoms with Gasteiger partial charge in [0.1, 0.15) is 6.07 Å². The van der Waals surface area contributed by atoms with E-state index in [1.54, 1.807) is 0 Å². The number of aliphatic hydroxyl groups is 1. The fourth-order valence-corrected chi connectivity index (χ4v) is 2.57. The summed E-state index contributed by atoms with van der Waals surface area (Å²) in [6.07, 6.45) is 2.68. The molecule has 0 spiro atoms. The Hall–Kier alpha value is -1.48. The first kappa shape index (κ1) is 14.9. The molecule has 5 nitrogen and oxygen atoms in total. The minimum Gasteiger partial charge on any atom is -0.395 e. The Bertz CT molecular complexity index is 475. The maximum atomic E-state index is 9.14. The molecule has 1 aromatic rings. The molecule has 0 bridgehead atoms. The Morgan fingerprint density at radius 1 is 1.30 bits per heavy atom. The lowest BCUT2D eigenvalue weighted by atomic mass is 10.1. The third-order valence-corrected chi connectivity index (χ3v) is 3.77. The van der Waals surface area contributed by atoms with Crippen molar-refractivity contribution in [2.24, 2.45) is 0 Å². The minimum atomic E-state index is 0.230. The zero-order valence-electron chi connectivity index (χ0n) is 12.0. The molecule has 2 heterocycles. The Morgan fingerprint density at radius 2 is 2.00 bits per heavy atom. The van der Waals surface area contributed by atoms with Gasteiger partial charge in [-0.3, -0.25) is 14.8 Å². The van der Waals surface area contributed by atoms with Crippen molar-refractivity contribution in [2.45, 2.75) is 19.9 Å². The van der Waals surface area contributed by atoms with E-state index < -0.39 is 0 Å². The van der Waals surface area contributed by atoms with Gasteiger partial charge in [-0.15, -0.1) is 0 Å². The highest BCUT2D eigenvalue weighted by molar-refractivity contribution is 5.35. The number of aromatic nitrogens is 1. The largest absolute Gasteiger partial charge is 0.395 e. The average molecular weight is 274 g/mol. The van der Waals surface area contributed by atoms with Gasteiger partial charge in [-0.05, 0) is 18.1 Å². The van der Waals surface area contributed by atoms with Gasteiger partial charge in [-0.2, -0.15) is 5.26 Å². The maximum absolute atomic E-state index is 9.14. The van der Waals surface area contributed by atoms with Crippen LogP contribution < -0.4 is 0 Å². The summed E-state index contributed by atoms with van der Waals surface area (Å²) in [4.78, 5) is 9.03. The highest BCUT2D eigenvalue weighted by atomic mass is 16.3. The standard InChI is InChI=1S/C15H22N4O/c1-2-15-14(10-16)9-13(11-17-15)12-19-5-3-18(4-6-19)7-8-20/h9,11,20H,2-8,12H2,1H3. The fraction of sp³-hybridized carbons (Fsp3) is 0.600. The molecule has 0 unspecified atom stereocenters. The lowest BCUT2D eigenvalue weighted by Crippen LogP contribution is -2.46. The first-order chi connectivity index (χ1) is 9.76. The number of pyridine rings is 1. The maximum Gasteiger partial charge on any atom is 0.101 e. The number of rotatable bonds is 5. The van der Waals surface area contributed by atoms with Crippen LogP contribution in [0, 0.1) is 11.3 Å². The molecule has 1 aliphatic heterocycles. The van der Waals surface area contributed by atoms with Crippen LogP contribution in [0.1, 0.15) is 23.7 Å². The van der Waals surface area contributed by atoms with Crippen LogP contribution in [0.25, 0.3) is 0 Å². The summed E-state index contributed by atoms with van der Waals surface area (Å²) in [6, 6.07) is 4.20. The van der Waals surface area contributed by atoms with E-state index in [2.05, 4.69) is 20.9 Å². The van der Waals surface area contributed by atoms with E-state index in [0.29, 0.717) is 5.56 Å². The summed E-state index contributed by atoms with van der Waals surface area (Å²) in [7, 11) is 0. The summed E-state index contributed by atoms with van der Waals surface area (Å²) in [5.74, 6) is 0. The Balaban J connectivity index is 1.93. The second-order valence-electron chi connectivity index (χ2n) is 5.14. The first-order valence-electron chi connectivity index (χ1n) is 7.20. The smallest absolute Gasteiger partial charge is 0.101 e. The van der Waals surface area contributed by atoms with Crippen LogP contribution in [-0.2, 0) is 13.0 Å². The van der Waals surface area contributed by atoms with Gasteiger partial charge in [0.05, 0.1) is 17.9 Å². The fourth-order valence-electron chi connectivity index (χ4n) is 2.57. The van der Waals surface area contributed by atoms with Gasteiger partial charge in [-0.1, -0.05) is 6.92 Å². The van der Waals surface area contributed by atoms with Crippen molar-refractivity contribution in [3.8, 4) is 6.07 Å². The molecule has 108 valence electrons. The van der Waals surface area contributed by atoms with Crippen LogP contribution in [0.4, 0.5) is 0 Å². The molecule has 0 amide bonds. The number of piperazine rings is 1. The van der Waals surface area contributed by atoms with E-state index in [9.17, 15) is 0 Å². The summed E-state index contributed by atoms with van der Waals surface area (Å²) in [5, 5.41) is 18.1. The molecule has 0 aliphatic carbocycles. The van der Waals surface area contributed by atoms with Gasteiger partial charge in [-0.25, -0.2) is 0 Å². The molecule has 1 fully saturated rings. The number of β-amino-alcohol motifs (C(OH)–C–C–N with tert-alkyl or cyclic N) is 1. The summed E-state index contributed by atoms with van der Waals surface area (Å²) < 4.78 is 0. The van der Waals surface area contributed by atoms with Crippen molar-refractivity contribution in [2.75, 3.05) is 39.3 Å². The van der Waals surface area contributed by atoms with E-state index in [0.717, 1.165) is 56.9 Å². The lowest BCUT2D eigenvalue weighted by Gasteiger charge is -2.34. The van der Waals surface area contributed by atoms with Gasteiger partial charge < -0.3 is 5.11 Å². The highest BCUT2D eigenvalue weighted by Crippen LogP contribution is 2.12. The van der Waals surface area contributed by atoms with Crippen molar-refractivity contribution in [3.63, 3.8) is 0 Å². The molecule has 0 atom stereocenters. The van der Waals surface area contributed by atoms with E-state index in [-0.39, 0.29) is 6.61 Å². The number of nitriles is 1. The molecule has 20 heavy (non-hydrogen) atoms. The van der Waals surface area contributed by atoms with Gasteiger partial charge >= 0.3 is 0 Å². The number of hydrogen-bond acceptors (Lipinski definition) is 5.